The molecule has 1 atom stereocenters. The maximum Gasteiger partial charge on any atom is 0.347 e. The zero-order valence-corrected chi connectivity index (χ0v) is 16.0. The first-order chi connectivity index (χ1) is 13.9. The van der Waals surface area contributed by atoms with Crippen LogP contribution in [-0.2, 0) is 19.2 Å². The van der Waals surface area contributed by atoms with Gasteiger partial charge in [-0.15, -0.1) is 0 Å². The number of nitrogens with two attached hydrogens (primary N) is 1. The van der Waals surface area contributed by atoms with E-state index in [9.17, 15) is 14.4 Å². The molecule has 0 radical (unpaired) electrons. The molecule has 9 nitrogen and oxygen atoms in total. The second kappa shape index (κ2) is 10.5. The van der Waals surface area contributed by atoms with Gasteiger partial charge in [0.05, 0.1) is 13.3 Å². The van der Waals surface area contributed by atoms with Crippen molar-refractivity contribution in [3.8, 4) is 5.75 Å². The molecular weight excluding hydrogens is 378 g/mol. The van der Waals surface area contributed by atoms with E-state index in [-0.39, 0.29) is 0 Å². The predicted molar refractivity (Wildman–Crippen MR) is 106 cm³/mol. The number of nitrogens with zero attached hydrogens (tertiary/aromatic N) is 1. The van der Waals surface area contributed by atoms with Gasteiger partial charge in [-0.2, -0.15) is 0 Å². The Labute approximate surface area is 167 Å². The fourth-order valence-corrected chi connectivity index (χ4v) is 2.12. The SMILES string of the molecule is COc1ccc(/C=N/OCC(=O)OC(C)C(=O)Nc2ccc(C(N)=O)cc2)cc1. The number of carbonyl (C=O) groups is 3. The van der Waals surface area contributed by atoms with E-state index in [1.165, 1.54) is 37.4 Å². The van der Waals surface area contributed by atoms with Crippen LogP contribution < -0.4 is 15.8 Å². The average molecular weight is 399 g/mol. The van der Waals surface area contributed by atoms with Gasteiger partial charge in [0.25, 0.3) is 5.91 Å². The van der Waals surface area contributed by atoms with Gasteiger partial charge < -0.3 is 25.4 Å². The van der Waals surface area contributed by atoms with Gasteiger partial charge >= 0.3 is 5.97 Å². The molecule has 0 aliphatic rings. The van der Waals surface area contributed by atoms with E-state index in [0.717, 1.165) is 5.56 Å². The van der Waals surface area contributed by atoms with E-state index >= 15 is 0 Å². The van der Waals surface area contributed by atoms with Crippen molar-refractivity contribution >= 4 is 29.7 Å². The number of benzene rings is 2. The lowest BCUT2D eigenvalue weighted by Crippen LogP contribution is -2.31. The maximum atomic E-state index is 12.1. The van der Waals surface area contributed by atoms with Gasteiger partial charge in [-0.1, -0.05) is 5.16 Å². The number of nitrogens with one attached hydrogen (secondary N) is 1. The zero-order valence-electron chi connectivity index (χ0n) is 16.0. The van der Waals surface area contributed by atoms with Gasteiger partial charge in [-0.05, 0) is 61.0 Å². The number of hydrogen-bond donors (Lipinski definition) is 2. The molecule has 0 saturated heterocycles. The van der Waals surface area contributed by atoms with E-state index in [1.807, 2.05) is 0 Å². The summed E-state index contributed by atoms with van der Waals surface area (Å²) in [7, 11) is 1.57. The molecule has 0 heterocycles. The highest BCUT2D eigenvalue weighted by Gasteiger charge is 2.18. The molecule has 9 heteroatoms. The summed E-state index contributed by atoms with van der Waals surface area (Å²) in [6, 6.07) is 13.0. The quantitative estimate of drug-likeness (QED) is 0.375. The Hall–Kier alpha value is -3.88. The Bertz CT molecular complexity index is 878. The van der Waals surface area contributed by atoms with E-state index < -0.39 is 30.5 Å². The van der Waals surface area contributed by atoms with Gasteiger partial charge in [-0.25, -0.2) is 4.79 Å². The molecule has 0 aliphatic carbocycles. The molecule has 0 aromatic heterocycles. The molecule has 1 unspecified atom stereocenters. The van der Waals surface area contributed by atoms with Crippen molar-refractivity contribution < 1.29 is 28.7 Å². The second-order valence-electron chi connectivity index (χ2n) is 5.84. The second-order valence-corrected chi connectivity index (χ2v) is 5.84. The first kappa shape index (κ1) is 21.4. The van der Waals surface area contributed by atoms with Crippen LogP contribution in [0.3, 0.4) is 0 Å². The van der Waals surface area contributed by atoms with Gasteiger partial charge in [0.2, 0.25) is 12.5 Å². The summed E-state index contributed by atoms with van der Waals surface area (Å²) in [5, 5.41) is 6.24. The first-order valence-corrected chi connectivity index (χ1v) is 8.58. The largest absolute Gasteiger partial charge is 0.497 e. The smallest absolute Gasteiger partial charge is 0.347 e. The van der Waals surface area contributed by atoms with E-state index in [0.29, 0.717) is 17.0 Å². The van der Waals surface area contributed by atoms with Crippen LogP contribution in [0.5, 0.6) is 5.75 Å². The zero-order chi connectivity index (χ0) is 21.2. The molecule has 3 N–H and O–H groups in total. The third-order valence-corrected chi connectivity index (χ3v) is 3.69. The third kappa shape index (κ3) is 6.98. The first-order valence-electron chi connectivity index (χ1n) is 8.58. The Kier molecular flexibility index (Phi) is 7.72. The number of ether oxygens (including phenoxy) is 2. The molecule has 2 aromatic rings. The molecule has 0 saturated carbocycles. The fourth-order valence-electron chi connectivity index (χ4n) is 2.12. The van der Waals surface area contributed by atoms with Crippen molar-refractivity contribution in [1.82, 2.24) is 0 Å². The molecule has 29 heavy (non-hydrogen) atoms. The predicted octanol–water partition coefficient (Wildman–Crippen LogP) is 1.71. The summed E-state index contributed by atoms with van der Waals surface area (Å²) < 4.78 is 10.0. The molecule has 2 aromatic carbocycles. The summed E-state index contributed by atoms with van der Waals surface area (Å²) in [4.78, 5) is 39.7. The standard InChI is InChI=1S/C20H21N3O6/c1-13(20(26)23-16-7-5-15(6-8-16)19(21)25)29-18(24)12-28-22-11-14-3-9-17(27-2)10-4-14/h3-11,13H,12H2,1-2H3,(H2,21,25)(H,23,26)/b22-11+. The number of oxime groups is 1. The number of primary amides is 1. The van der Waals surface area contributed by atoms with Crippen LogP contribution in [0.2, 0.25) is 0 Å². The third-order valence-electron chi connectivity index (χ3n) is 3.69. The fraction of sp³-hybridized carbons (Fsp3) is 0.200. The van der Waals surface area contributed by atoms with Crippen LogP contribution in [0.15, 0.2) is 53.7 Å². The van der Waals surface area contributed by atoms with Crippen molar-refractivity contribution in [1.29, 1.82) is 0 Å². The number of carbonyl (C=O) groups excluding carboxylic acids is 3. The molecule has 0 bridgehead atoms. The number of amides is 2. The monoisotopic (exact) mass is 399 g/mol. The lowest BCUT2D eigenvalue weighted by atomic mass is 10.2. The minimum atomic E-state index is -1.05. The number of methoxy groups -OCH3 is 1. The number of rotatable bonds is 9. The van der Waals surface area contributed by atoms with E-state index in [2.05, 4.69) is 10.5 Å². The molecule has 2 rings (SSSR count). The summed E-state index contributed by atoms with van der Waals surface area (Å²) in [6.45, 7) is 0.975. The number of hydrogen-bond acceptors (Lipinski definition) is 7. The van der Waals surface area contributed by atoms with Crippen molar-refractivity contribution in [2.45, 2.75) is 13.0 Å². The highest BCUT2D eigenvalue weighted by molar-refractivity contribution is 5.96. The molecular formula is C20H21N3O6. The molecule has 0 fully saturated rings. The highest BCUT2D eigenvalue weighted by Crippen LogP contribution is 2.11. The van der Waals surface area contributed by atoms with Gasteiger partial charge in [0.15, 0.2) is 6.10 Å². The van der Waals surface area contributed by atoms with Gasteiger partial charge in [0.1, 0.15) is 5.75 Å². The summed E-state index contributed by atoms with van der Waals surface area (Å²) >= 11 is 0. The normalized spacial score (nSPS) is 11.5. The van der Waals surface area contributed by atoms with Crippen LogP contribution in [-0.4, -0.2) is 43.8 Å². The lowest BCUT2D eigenvalue weighted by Gasteiger charge is -2.13. The number of esters is 1. The number of anilines is 1. The van der Waals surface area contributed by atoms with E-state index in [4.69, 9.17) is 20.0 Å². The van der Waals surface area contributed by atoms with Crippen molar-refractivity contribution in [3.63, 3.8) is 0 Å². The minimum Gasteiger partial charge on any atom is -0.497 e. The van der Waals surface area contributed by atoms with Crippen molar-refractivity contribution in [2.75, 3.05) is 19.0 Å². The summed E-state index contributed by atoms with van der Waals surface area (Å²) in [5.74, 6) is -1.14. The van der Waals surface area contributed by atoms with Crippen LogP contribution in [0.25, 0.3) is 0 Å². The molecule has 0 aliphatic heterocycles. The molecule has 152 valence electrons. The van der Waals surface area contributed by atoms with Crippen LogP contribution >= 0.6 is 0 Å². The Morgan fingerprint density at radius 3 is 2.34 bits per heavy atom. The molecule has 2 amide bonds. The van der Waals surface area contributed by atoms with Crippen molar-refractivity contribution in [3.05, 3.63) is 59.7 Å². The average Bonchev–Trinajstić information content (AvgIpc) is 2.72. The van der Waals surface area contributed by atoms with E-state index in [1.54, 1.807) is 31.4 Å². The van der Waals surface area contributed by atoms with Crippen LogP contribution in [0.4, 0.5) is 5.69 Å². The Morgan fingerprint density at radius 2 is 1.76 bits per heavy atom. The van der Waals surface area contributed by atoms with Crippen LogP contribution in [0, 0.1) is 0 Å². The van der Waals surface area contributed by atoms with Gasteiger partial charge in [-0.3, -0.25) is 9.59 Å². The maximum absolute atomic E-state index is 12.1. The summed E-state index contributed by atoms with van der Waals surface area (Å²) in [5.41, 5.74) is 6.66. The highest BCUT2D eigenvalue weighted by atomic mass is 16.7. The Balaban J connectivity index is 1.74. The van der Waals surface area contributed by atoms with Gasteiger partial charge in [0, 0.05) is 11.3 Å². The Morgan fingerprint density at radius 1 is 1.10 bits per heavy atom. The van der Waals surface area contributed by atoms with Crippen molar-refractivity contribution in [2.24, 2.45) is 10.9 Å². The van der Waals surface area contributed by atoms with Crippen LogP contribution in [0.1, 0.15) is 22.8 Å². The topological polar surface area (TPSA) is 129 Å². The summed E-state index contributed by atoms with van der Waals surface area (Å²) in [6.07, 6.45) is 0.381. The molecule has 0 spiro atoms. The minimum absolute atomic E-state index is 0.315. The lowest BCUT2D eigenvalue weighted by molar-refractivity contribution is -0.157.